The zero-order valence-electron chi connectivity index (χ0n) is 14.1. The first-order valence-corrected chi connectivity index (χ1v) is 8.99. The first-order valence-electron chi connectivity index (χ1n) is 8.00. The van der Waals surface area contributed by atoms with E-state index in [4.69, 9.17) is 10.5 Å². The monoisotopic (exact) mass is 370 g/mol. The van der Waals surface area contributed by atoms with Crippen molar-refractivity contribution < 1.29 is 14.3 Å². The van der Waals surface area contributed by atoms with Crippen molar-refractivity contribution in [3.8, 4) is 5.75 Å². The maximum absolute atomic E-state index is 12.1. The number of H-pyrrole nitrogens is 1. The Morgan fingerprint density at radius 2 is 2.00 bits per heavy atom. The number of anilines is 1. The fraction of sp³-hybridized carbons (Fsp3) is 0.167. The third kappa shape index (κ3) is 4.34. The number of benzene rings is 2. The lowest BCUT2D eigenvalue weighted by atomic mass is 10.2. The number of rotatable bonds is 7. The molecule has 3 rings (SSSR count). The molecule has 2 aromatic carbocycles. The van der Waals surface area contributed by atoms with Crippen molar-refractivity contribution in [3.05, 3.63) is 48.0 Å². The van der Waals surface area contributed by atoms with Gasteiger partial charge in [0, 0.05) is 17.3 Å². The number of ether oxygens (including phenoxy) is 1. The maximum Gasteiger partial charge on any atom is 0.248 e. The predicted molar refractivity (Wildman–Crippen MR) is 102 cm³/mol. The molecule has 1 aromatic heterocycles. The van der Waals surface area contributed by atoms with Crippen molar-refractivity contribution >= 4 is 40.3 Å². The highest BCUT2D eigenvalue weighted by atomic mass is 32.2. The zero-order valence-corrected chi connectivity index (χ0v) is 14.9. The van der Waals surface area contributed by atoms with E-state index in [1.54, 1.807) is 24.3 Å². The molecule has 0 aliphatic rings. The molecule has 0 radical (unpaired) electrons. The number of carbonyl (C=O) groups excluding carboxylic acids is 2. The molecule has 0 saturated heterocycles. The van der Waals surface area contributed by atoms with Crippen molar-refractivity contribution in [2.24, 2.45) is 5.73 Å². The van der Waals surface area contributed by atoms with Gasteiger partial charge in [0.2, 0.25) is 11.8 Å². The fourth-order valence-corrected chi connectivity index (χ4v) is 3.02. The molecule has 1 heterocycles. The zero-order chi connectivity index (χ0) is 18.5. The van der Waals surface area contributed by atoms with Crippen molar-refractivity contribution in [3.63, 3.8) is 0 Å². The molecule has 2 amide bonds. The van der Waals surface area contributed by atoms with Gasteiger partial charge in [-0.3, -0.25) is 9.59 Å². The second-order valence-corrected chi connectivity index (χ2v) is 6.40. The third-order valence-corrected chi connectivity index (χ3v) is 4.41. The fourth-order valence-electron chi connectivity index (χ4n) is 2.34. The molecule has 7 nitrogen and oxygen atoms in total. The van der Waals surface area contributed by atoms with Crippen LogP contribution >= 0.6 is 11.8 Å². The number of nitrogens with one attached hydrogen (secondary N) is 2. The molecule has 0 aliphatic heterocycles. The van der Waals surface area contributed by atoms with E-state index in [1.807, 2.05) is 25.1 Å². The van der Waals surface area contributed by atoms with E-state index in [9.17, 15) is 9.59 Å². The highest BCUT2D eigenvalue weighted by Crippen LogP contribution is 2.23. The van der Waals surface area contributed by atoms with Gasteiger partial charge < -0.3 is 20.8 Å². The Morgan fingerprint density at radius 3 is 2.69 bits per heavy atom. The summed E-state index contributed by atoms with van der Waals surface area (Å²) < 4.78 is 5.46. The first-order chi connectivity index (χ1) is 12.5. The lowest BCUT2D eigenvalue weighted by molar-refractivity contribution is -0.113. The largest absolute Gasteiger partial charge is 0.494 e. The molecular formula is C18H18N4O3S. The van der Waals surface area contributed by atoms with E-state index >= 15 is 0 Å². The molecule has 0 fully saturated rings. The highest BCUT2D eigenvalue weighted by Gasteiger charge is 2.09. The number of hydrogen-bond donors (Lipinski definition) is 3. The average Bonchev–Trinajstić information content (AvgIpc) is 3.03. The van der Waals surface area contributed by atoms with Gasteiger partial charge in [0.05, 0.1) is 23.4 Å². The topological polar surface area (TPSA) is 110 Å². The van der Waals surface area contributed by atoms with Crippen LogP contribution in [0, 0.1) is 0 Å². The van der Waals surface area contributed by atoms with Gasteiger partial charge in [-0.05, 0) is 43.3 Å². The van der Waals surface area contributed by atoms with Gasteiger partial charge >= 0.3 is 0 Å². The van der Waals surface area contributed by atoms with Crippen molar-refractivity contribution in [1.29, 1.82) is 0 Å². The van der Waals surface area contributed by atoms with Gasteiger partial charge in [-0.25, -0.2) is 4.98 Å². The number of aromatic amines is 1. The van der Waals surface area contributed by atoms with Crippen LogP contribution in [0.15, 0.2) is 47.6 Å². The van der Waals surface area contributed by atoms with E-state index in [0.717, 1.165) is 16.8 Å². The minimum atomic E-state index is -0.504. The first kappa shape index (κ1) is 17.8. The quantitative estimate of drug-likeness (QED) is 0.554. The summed E-state index contributed by atoms with van der Waals surface area (Å²) in [7, 11) is 0. The predicted octanol–water partition coefficient (Wildman–Crippen LogP) is 2.79. The lowest BCUT2D eigenvalue weighted by Gasteiger charge is -2.04. The molecule has 3 aromatic rings. The smallest absolute Gasteiger partial charge is 0.248 e. The highest BCUT2D eigenvalue weighted by molar-refractivity contribution is 7.99. The molecule has 0 saturated carbocycles. The molecule has 0 atom stereocenters. The van der Waals surface area contributed by atoms with Crippen molar-refractivity contribution in [2.75, 3.05) is 17.7 Å². The normalized spacial score (nSPS) is 10.7. The van der Waals surface area contributed by atoms with E-state index in [-0.39, 0.29) is 11.7 Å². The summed E-state index contributed by atoms with van der Waals surface area (Å²) in [6.45, 7) is 2.53. The molecule has 26 heavy (non-hydrogen) atoms. The van der Waals surface area contributed by atoms with Crippen LogP contribution < -0.4 is 15.8 Å². The third-order valence-electron chi connectivity index (χ3n) is 3.54. The number of fused-ring (bicyclic) bond motifs is 1. The average molecular weight is 370 g/mol. The van der Waals surface area contributed by atoms with E-state index in [1.165, 1.54) is 11.8 Å². The lowest BCUT2D eigenvalue weighted by Crippen LogP contribution is -2.15. The van der Waals surface area contributed by atoms with Crippen LogP contribution in [-0.4, -0.2) is 34.1 Å². The minimum Gasteiger partial charge on any atom is -0.494 e. The number of aromatic nitrogens is 2. The van der Waals surface area contributed by atoms with Crippen LogP contribution in [-0.2, 0) is 4.79 Å². The maximum atomic E-state index is 12.1. The van der Waals surface area contributed by atoms with Gasteiger partial charge in [-0.2, -0.15) is 0 Å². The van der Waals surface area contributed by atoms with Gasteiger partial charge in [-0.1, -0.05) is 11.8 Å². The summed E-state index contributed by atoms with van der Waals surface area (Å²) >= 11 is 1.31. The summed E-state index contributed by atoms with van der Waals surface area (Å²) in [5, 5.41) is 3.42. The number of primary amides is 1. The summed E-state index contributed by atoms with van der Waals surface area (Å²) in [4.78, 5) is 30.7. The van der Waals surface area contributed by atoms with Gasteiger partial charge in [0.25, 0.3) is 0 Å². The number of imidazole rings is 1. The Kier molecular flexibility index (Phi) is 5.43. The van der Waals surface area contributed by atoms with Gasteiger partial charge in [0.1, 0.15) is 5.75 Å². The van der Waals surface area contributed by atoms with Crippen molar-refractivity contribution in [2.45, 2.75) is 12.1 Å². The van der Waals surface area contributed by atoms with E-state index < -0.39 is 5.91 Å². The molecule has 4 N–H and O–H groups in total. The van der Waals surface area contributed by atoms with Crippen LogP contribution in [0.25, 0.3) is 11.0 Å². The molecule has 0 spiro atoms. The number of nitrogens with zero attached hydrogens (tertiary/aromatic N) is 1. The number of thioether (sulfide) groups is 1. The number of hydrogen-bond acceptors (Lipinski definition) is 5. The number of nitrogens with two attached hydrogens (primary N) is 1. The Balaban J connectivity index is 1.58. The molecule has 134 valence electrons. The molecule has 0 unspecified atom stereocenters. The van der Waals surface area contributed by atoms with E-state index in [0.29, 0.717) is 23.0 Å². The van der Waals surface area contributed by atoms with Crippen LogP contribution in [0.1, 0.15) is 17.3 Å². The van der Waals surface area contributed by atoms with Crippen LogP contribution in [0.4, 0.5) is 5.69 Å². The summed E-state index contributed by atoms with van der Waals surface area (Å²) in [5.74, 6) is 0.306. The minimum absolute atomic E-state index is 0.169. The Hall–Kier alpha value is -3.00. The molecule has 8 heteroatoms. The van der Waals surface area contributed by atoms with E-state index in [2.05, 4.69) is 15.3 Å². The molecule has 0 aliphatic carbocycles. The second kappa shape index (κ2) is 7.92. The van der Waals surface area contributed by atoms with Gasteiger partial charge in [-0.15, -0.1) is 0 Å². The van der Waals surface area contributed by atoms with Gasteiger partial charge in [0.15, 0.2) is 5.16 Å². The van der Waals surface area contributed by atoms with Crippen LogP contribution in [0.3, 0.4) is 0 Å². The number of amides is 2. The molecule has 0 bridgehead atoms. The Bertz CT molecular complexity index is 937. The Labute approximate surface area is 154 Å². The SMILES string of the molecule is CCOc1ccc2nc(SCC(=O)Nc3ccc(C(N)=O)cc3)[nH]c2c1. The summed E-state index contributed by atoms with van der Waals surface area (Å²) in [6, 6.07) is 12.0. The Morgan fingerprint density at radius 1 is 1.23 bits per heavy atom. The van der Waals surface area contributed by atoms with Crippen LogP contribution in [0.5, 0.6) is 5.75 Å². The molecular weight excluding hydrogens is 352 g/mol. The number of carbonyl (C=O) groups is 2. The standard InChI is InChI=1S/C18H18N4O3S/c1-2-25-13-7-8-14-15(9-13)22-18(21-14)26-10-16(23)20-12-5-3-11(4-6-12)17(19)24/h3-9H,2,10H2,1H3,(H2,19,24)(H,20,23)(H,21,22). The second-order valence-electron chi connectivity index (χ2n) is 5.43. The van der Waals surface area contributed by atoms with Crippen LogP contribution in [0.2, 0.25) is 0 Å². The summed E-state index contributed by atoms with van der Waals surface area (Å²) in [6.07, 6.45) is 0. The van der Waals surface area contributed by atoms with Crippen molar-refractivity contribution in [1.82, 2.24) is 9.97 Å². The summed E-state index contributed by atoms with van der Waals surface area (Å²) in [5.41, 5.74) is 7.87.